The number of thiazole rings is 1. The molecule has 1 heterocycles. The smallest absolute Gasteiger partial charge is 0.416 e. The summed E-state index contributed by atoms with van der Waals surface area (Å²) in [7, 11) is 0. The van der Waals surface area contributed by atoms with Crippen LogP contribution < -0.4 is 5.32 Å². The van der Waals surface area contributed by atoms with Gasteiger partial charge in [-0.25, -0.2) is 4.98 Å². The Morgan fingerprint density at radius 1 is 1.08 bits per heavy atom. The van der Waals surface area contributed by atoms with E-state index in [1.165, 1.54) is 23.5 Å². The van der Waals surface area contributed by atoms with E-state index in [2.05, 4.69) is 10.3 Å². The number of benzene rings is 2. The summed E-state index contributed by atoms with van der Waals surface area (Å²) >= 11 is 1.45. The Hall–Kier alpha value is -2.54. The van der Waals surface area contributed by atoms with Gasteiger partial charge in [0.15, 0.2) is 0 Å². The van der Waals surface area contributed by atoms with E-state index in [1.54, 1.807) is 12.1 Å². The Kier molecular flexibility index (Phi) is 4.91. The third kappa shape index (κ3) is 3.99. The van der Waals surface area contributed by atoms with Gasteiger partial charge in [-0.05, 0) is 49.7 Å². The van der Waals surface area contributed by atoms with Crippen molar-refractivity contribution >= 4 is 17.0 Å². The van der Waals surface area contributed by atoms with Crippen LogP contribution in [0.3, 0.4) is 0 Å². The van der Waals surface area contributed by atoms with E-state index >= 15 is 0 Å². The molecule has 2 N–H and O–H groups in total. The molecule has 0 amide bonds. The third-order valence-electron chi connectivity index (χ3n) is 4.00. The van der Waals surface area contributed by atoms with Crippen molar-refractivity contribution in [2.45, 2.75) is 26.6 Å². The number of hydrogen-bond donors (Lipinski definition) is 2. The number of aryl methyl sites for hydroxylation is 2. The van der Waals surface area contributed by atoms with Crippen molar-refractivity contribution < 1.29 is 18.3 Å². The molecule has 26 heavy (non-hydrogen) atoms. The molecule has 3 rings (SSSR count). The zero-order valence-electron chi connectivity index (χ0n) is 14.2. The van der Waals surface area contributed by atoms with Gasteiger partial charge in [-0.1, -0.05) is 12.1 Å². The van der Waals surface area contributed by atoms with Crippen molar-refractivity contribution in [3.63, 3.8) is 0 Å². The summed E-state index contributed by atoms with van der Waals surface area (Å²) in [5.74, 6) is 0.245. The van der Waals surface area contributed by atoms with E-state index in [4.69, 9.17) is 0 Å². The number of alkyl halides is 3. The third-order valence-corrected chi connectivity index (χ3v) is 5.21. The molecule has 0 spiro atoms. The molecule has 0 bridgehead atoms. The molecular formula is C19H17F3N2OS. The van der Waals surface area contributed by atoms with Gasteiger partial charge in [-0.15, -0.1) is 11.3 Å². The lowest BCUT2D eigenvalue weighted by Gasteiger charge is -2.07. The van der Waals surface area contributed by atoms with Gasteiger partial charge in [0.1, 0.15) is 10.8 Å². The molecule has 3 aromatic rings. The molecule has 0 radical (unpaired) electrons. The van der Waals surface area contributed by atoms with Crippen LogP contribution in [0.15, 0.2) is 42.5 Å². The van der Waals surface area contributed by atoms with Gasteiger partial charge < -0.3 is 10.4 Å². The molecule has 7 heteroatoms. The number of nitrogens with one attached hydrogen (secondary N) is 1. The van der Waals surface area contributed by atoms with Crippen LogP contribution in [-0.4, -0.2) is 10.1 Å². The Morgan fingerprint density at radius 2 is 1.77 bits per heavy atom. The zero-order valence-corrected chi connectivity index (χ0v) is 15.0. The highest BCUT2D eigenvalue weighted by Gasteiger charge is 2.30. The van der Waals surface area contributed by atoms with Crippen LogP contribution >= 0.6 is 11.3 Å². The quantitative estimate of drug-likeness (QED) is 0.567. The summed E-state index contributed by atoms with van der Waals surface area (Å²) in [6.45, 7) is 4.25. The second kappa shape index (κ2) is 6.99. The molecule has 1 aromatic heterocycles. The monoisotopic (exact) mass is 378 g/mol. The summed E-state index contributed by atoms with van der Waals surface area (Å²) in [6, 6.07) is 10.3. The van der Waals surface area contributed by atoms with Crippen molar-refractivity contribution in [2.24, 2.45) is 0 Å². The summed E-state index contributed by atoms with van der Waals surface area (Å²) < 4.78 is 38.0. The maximum Gasteiger partial charge on any atom is 0.416 e. The van der Waals surface area contributed by atoms with Crippen molar-refractivity contribution in [1.29, 1.82) is 0 Å². The molecule has 0 aliphatic carbocycles. The van der Waals surface area contributed by atoms with Crippen LogP contribution in [0.5, 0.6) is 5.75 Å². The lowest BCUT2D eigenvalue weighted by molar-refractivity contribution is -0.137. The number of rotatable bonds is 4. The Balaban J connectivity index is 1.75. The minimum Gasteiger partial charge on any atom is -0.508 e. The fourth-order valence-corrected chi connectivity index (χ4v) is 3.47. The first kappa shape index (κ1) is 18.3. The van der Waals surface area contributed by atoms with Gasteiger partial charge >= 0.3 is 6.18 Å². The Labute approximate surface area is 153 Å². The molecule has 0 saturated heterocycles. The second-order valence-electron chi connectivity index (χ2n) is 5.96. The molecule has 0 aliphatic rings. The number of phenols is 1. The molecule has 0 atom stereocenters. The van der Waals surface area contributed by atoms with Crippen molar-refractivity contribution in [3.05, 3.63) is 64.2 Å². The molecule has 136 valence electrons. The molecule has 3 nitrogen and oxygen atoms in total. The first-order valence-electron chi connectivity index (χ1n) is 7.91. The van der Waals surface area contributed by atoms with Gasteiger partial charge in [0.05, 0.1) is 17.8 Å². The number of phenolic OH excluding ortho intramolecular Hbond substituents is 1. The lowest BCUT2D eigenvalue weighted by atomic mass is 10.1. The highest BCUT2D eigenvalue weighted by Crippen LogP contribution is 2.33. The summed E-state index contributed by atoms with van der Waals surface area (Å²) in [6.07, 6.45) is -4.34. The highest BCUT2D eigenvalue weighted by atomic mass is 32.1. The average molecular weight is 378 g/mol. The van der Waals surface area contributed by atoms with Crippen molar-refractivity contribution in [1.82, 2.24) is 4.98 Å². The van der Waals surface area contributed by atoms with Crippen LogP contribution in [0.4, 0.5) is 18.9 Å². The van der Waals surface area contributed by atoms with E-state index in [-0.39, 0.29) is 5.75 Å². The van der Waals surface area contributed by atoms with E-state index in [0.717, 1.165) is 34.0 Å². The van der Waals surface area contributed by atoms with Crippen LogP contribution in [0.25, 0.3) is 10.6 Å². The largest absolute Gasteiger partial charge is 0.508 e. The van der Waals surface area contributed by atoms with Crippen LogP contribution in [0.1, 0.15) is 21.7 Å². The van der Waals surface area contributed by atoms with Gasteiger partial charge in [0, 0.05) is 16.1 Å². The number of nitrogens with zero attached hydrogens (tertiary/aromatic N) is 1. The molecular weight excluding hydrogens is 361 g/mol. The number of halogens is 3. The van der Waals surface area contributed by atoms with E-state index in [1.807, 2.05) is 19.9 Å². The minimum atomic E-state index is -4.34. The summed E-state index contributed by atoms with van der Waals surface area (Å²) in [5, 5.41) is 13.5. The fraction of sp³-hybridized carbons (Fsp3) is 0.211. The number of anilines is 1. The zero-order chi connectivity index (χ0) is 18.9. The first-order valence-corrected chi connectivity index (χ1v) is 8.73. The summed E-state index contributed by atoms with van der Waals surface area (Å²) in [5.41, 5.74) is 2.50. The maximum atomic E-state index is 12.7. The van der Waals surface area contributed by atoms with Crippen molar-refractivity contribution in [2.75, 3.05) is 5.32 Å². The highest BCUT2D eigenvalue weighted by molar-refractivity contribution is 7.15. The maximum absolute atomic E-state index is 12.7. The SMILES string of the molecule is Cc1cc(NCc2sc(-c3ccc(C(F)(F)F)cc3)nc2C)ccc1O. The standard InChI is InChI=1S/C19H17F3N2OS/c1-11-9-15(7-8-16(11)25)23-10-17-12(2)24-18(26-17)13-3-5-14(6-4-13)19(20,21)22/h3-9,23,25H,10H2,1-2H3. The molecule has 0 unspecified atom stereocenters. The van der Waals surface area contributed by atoms with E-state index in [0.29, 0.717) is 17.1 Å². The number of aromatic hydroxyl groups is 1. The lowest BCUT2D eigenvalue weighted by Crippen LogP contribution is -2.03. The summed E-state index contributed by atoms with van der Waals surface area (Å²) in [4.78, 5) is 5.48. The van der Waals surface area contributed by atoms with Gasteiger partial charge in [-0.2, -0.15) is 13.2 Å². The van der Waals surface area contributed by atoms with Gasteiger partial charge in [0.2, 0.25) is 0 Å². The second-order valence-corrected chi connectivity index (χ2v) is 7.04. The predicted octanol–water partition coefficient (Wildman–Crippen LogP) is 5.76. The van der Waals surface area contributed by atoms with Gasteiger partial charge in [-0.3, -0.25) is 0 Å². The topological polar surface area (TPSA) is 45.2 Å². The minimum absolute atomic E-state index is 0.245. The molecule has 0 saturated carbocycles. The molecule has 2 aromatic carbocycles. The number of aromatic nitrogens is 1. The van der Waals surface area contributed by atoms with Crippen molar-refractivity contribution in [3.8, 4) is 16.3 Å². The van der Waals surface area contributed by atoms with Crippen LogP contribution in [0.2, 0.25) is 0 Å². The Morgan fingerprint density at radius 3 is 2.38 bits per heavy atom. The predicted molar refractivity (Wildman–Crippen MR) is 97.5 cm³/mol. The molecule has 0 aliphatic heterocycles. The van der Waals surface area contributed by atoms with E-state index < -0.39 is 11.7 Å². The van der Waals surface area contributed by atoms with E-state index in [9.17, 15) is 18.3 Å². The van der Waals surface area contributed by atoms with Gasteiger partial charge in [0.25, 0.3) is 0 Å². The fourth-order valence-electron chi connectivity index (χ4n) is 2.47. The number of hydrogen-bond acceptors (Lipinski definition) is 4. The molecule has 0 fully saturated rings. The Bertz CT molecular complexity index is 918. The van der Waals surface area contributed by atoms with Crippen LogP contribution in [0, 0.1) is 13.8 Å². The average Bonchev–Trinajstić information content (AvgIpc) is 2.96. The van der Waals surface area contributed by atoms with Crippen LogP contribution in [-0.2, 0) is 12.7 Å². The first-order chi connectivity index (χ1) is 12.2. The normalized spacial score (nSPS) is 11.6.